The third-order valence-corrected chi connectivity index (χ3v) is 9.40. The molecule has 7 rings (SSSR count). The van der Waals surface area contributed by atoms with Gasteiger partial charge in [-0.1, -0.05) is 24.2 Å². The number of aliphatic hydroxyl groups is 1. The zero-order valence-electron chi connectivity index (χ0n) is 22.3. The Labute approximate surface area is 246 Å². The summed E-state index contributed by atoms with van der Waals surface area (Å²) in [5.74, 6) is 0.338. The number of hydrogen-bond acceptors (Lipinski definition) is 14. The molecule has 2 atom stereocenters. The van der Waals surface area contributed by atoms with Crippen LogP contribution in [0.25, 0.3) is 26.5 Å². The first-order chi connectivity index (χ1) is 20.5. The van der Waals surface area contributed by atoms with E-state index in [0.717, 1.165) is 19.3 Å². The van der Waals surface area contributed by atoms with E-state index in [-0.39, 0.29) is 28.5 Å². The number of carbonyl (C=O) groups is 1. The van der Waals surface area contributed by atoms with E-state index in [2.05, 4.69) is 30.8 Å². The van der Waals surface area contributed by atoms with Crippen molar-refractivity contribution in [1.82, 2.24) is 24.6 Å². The van der Waals surface area contributed by atoms with Gasteiger partial charge in [0.2, 0.25) is 11.4 Å². The minimum absolute atomic E-state index is 0.0688. The minimum Gasteiger partial charge on any atom is -0.439 e. The molecule has 218 valence electrons. The lowest BCUT2D eigenvalue weighted by Crippen LogP contribution is -2.37. The fourth-order valence-electron chi connectivity index (χ4n) is 5.34. The third-order valence-electron chi connectivity index (χ3n) is 7.48. The molecule has 0 unspecified atom stereocenters. The van der Waals surface area contributed by atoms with Crippen molar-refractivity contribution in [1.29, 1.82) is 0 Å². The summed E-state index contributed by atoms with van der Waals surface area (Å²) in [6.45, 7) is 2.42. The van der Waals surface area contributed by atoms with Gasteiger partial charge in [-0.05, 0) is 12.8 Å². The summed E-state index contributed by atoms with van der Waals surface area (Å²) in [5, 5.41) is 28.1. The number of aromatic nitrogens is 5. The molecule has 0 bridgehead atoms. The Morgan fingerprint density at radius 2 is 2.05 bits per heavy atom. The minimum atomic E-state index is -0.724. The Hall–Kier alpha value is -4.12. The van der Waals surface area contributed by atoms with Crippen LogP contribution in [0.5, 0.6) is 0 Å². The summed E-state index contributed by atoms with van der Waals surface area (Å²) < 4.78 is 13.7. The number of thiophene rings is 1. The van der Waals surface area contributed by atoms with E-state index in [1.165, 1.54) is 35.1 Å². The van der Waals surface area contributed by atoms with Crippen molar-refractivity contribution < 1.29 is 19.1 Å². The summed E-state index contributed by atoms with van der Waals surface area (Å²) in [4.78, 5) is 36.7. The predicted octanol–water partition coefficient (Wildman–Crippen LogP) is 2.81. The topological polar surface area (TPSA) is 186 Å². The number of primary amides is 1. The highest BCUT2D eigenvalue weighted by molar-refractivity contribution is 7.20. The fourth-order valence-corrected chi connectivity index (χ4v) is 7.13. The van der Waals surface area contributed by atoms with Gasteiger partial charge in [0.25, 0.3) is 5.91 Å². The number of thiazole rings is 1. The van der Waals surface area contributed by atoms with E-state index in [9.17, 15) is 14.7 Å². The molecule has 1 aliphatic heterocycles. The number of nitrogens with one attached hydrogen (secondary N) is 2. The average molecular weight is 610 g/mol. The molecule has 1 saturated carbocycles. The van der Waals surface area contributed by atoms with Gasteiger partial charge in [-0.3, -0.25) is 14.0 Å². The molecule has 16 heteroatoms. The molecule has 14 nitrogen and oxygen atoms in total. The molecule has 1 amide bonds. The lowest BCUT2D eigenvalue weighted by atomic mass is 9.93. The number of nitrogens with two attached hydrogens (primary N) is 1. The van der Waals surface area contributed by atoms with Gasteiger partial charge in [-0.15, -0.1) is 21.5 Å². The zero-order valence-corrected chi connectivity index (χ0v) is 23.9. The third kappa shape index (κ3) is 4.85. The van der Waals surface area contributed by atoms with Gasteiger partial charge in [-0.25, -0.2) is 4.98 Å². The number of hydrogen-bond donors (Lipinski definition) is 4. The molecule has 2 aliphatic rings. The summed E-state index contributed by atoms with van der Waals surface area (Å²) in [6, 6.07) is 1.32. The van der Waals surface area contributed by atoms with E-state index >= 15 is 0 Å². The first-order valence-electron chi connectivity index (χ1n) is 13.6. The molecule has 5 aromatic heterocycles. The lowest BCUT2D eigenvalue weighted by Gasteiger charge is -2.29. The second kappa shape index (κ2) is 10.9. The molecule has 0 aromatic carbocycles. The molecule has 0 spiro atoms. The van der Waals surface area contributed by atoms with E-state index in [0.29, 0.717) is 70.4 Å². The maximum absolute atomic E-state index is 12.9. The van der Waals surface area contributed by atoms with Crippen LogP contribution in [0.1, 0.15) is 36.0 Å². The molecule has 6 heterocycles. The zero-order chi connectivity index (χ0) is 28.8. The number of anilines is 4. The Morgan fingerprint density at radius 1 is 1.21 bits per heavy atom. The Kier molecular flexibility index (Phi) is 6.97. The van der Waals surface area contributed by atoms with E-state index in [1.807, 2.05) is 10.3 Å². The predicted molar refractivity (Wildman–Crippen MR) is 159 cm³/mol. The fraction of sp³-hybridized carbons (Fsp3) is 0.385. The van der Waals surface area contributed by atoms with Gasteiger partial charge < -0.3 is 35.5 Å². The molecule has 1 saturated heterocycles. The van der Waals surface area contributed by atoms with Crippen LogP contribution in [0.2, 0.25) is 0 Å². The second-order valence-corrected chi connectivity index (χ2v) is 12.1. The van der Waals surface area contributed by atoms with Gasteiger partial charge in [0.1, 0.15) is 26.6 Å². The van der Waals surface area contributed by atoms with Crippen molar-refractivity contribution in [3.63, 3.8) is 0 Å². The van der Waals surface area contributed by atoms with Crippen LogP contribution >= 0.6 is 22.7 Å². The van der Waals surface area contributed by atoms with Crippen LogP contribution in [0.4, 0.5) is 22.7 Å². The first-order valence-corrected chi connectivity index (χ1v) is 15.3. The lowest BCUT2D eigenvalue weighted by molar-refractivity contribution is 0.100. The van der Waals surface area contributed by atoms with Crippen LogP contribution in [0, 0.1) is 0 Å². The van der Waals surface area contributed by atoms with Gasteiger partial charge in [-0.2, -0.15) is 4.98 Å². The Balaban J connectivity index is 1.23. The van der Waals surface area contributed by atoms with Crippen molar-refractivity contribution in [3.05, 3.63) is 39.8 Å². The normalized spacial score (nSPS) is 19.4. The number of morpholine rings is 1. The summed E-state index contributed by atoms with van der Waals surface area (Å²) >= 11 is 2.62. The number of nitrogens with zero attached hydrogens (tertiary/aromatic N) is 6. The van der Waals surface area contributed by atoms with E-state index in [1.54, 1.807) is 10.6 Å². The van der Waals surface area contributed by atoms with Crippen LogP contribution in [0.3, 0.4) is 0 Å². The molecule has 1 aliphatic carbocycles. The van der Waals surface area contributed by atoms with Crippen LogP contribution in [-0.2, 0) is 4.74 Å². The first kappa shape index (κ1) is 26.8. The van der Waals surface area contributed by atoms with Crippen molar-refractivity contribution in [2.45, 2.75) is 37.8 Å². The molecular formula is C26H27N9O5S2. The standard InChI is InChI=1S/C26H27N9O5S2/c27-22(38)19-23(32-26(35-12-29-33-24(19)35)30-14-3-1-2-4-15(14)36)31-17-10-28-25(42-17)13-11-41-21-16(37)9-18(40-20(13)21)34-5-7-39-8-6-34/h9-12,14-15,31,36H,1-8H2,(H2,27,38)(H,30,32)/t14-,15+/m1/s1. The number of carbonyl (C=O) groups excluding carboxylic acids is 1. The SMILES string of the molecule is NC(=O)c1c(Nc2cnc(-c3csc4c(=O)cc(N5CCOCC5)oc34)s2)nc(N[C@@H]2CCCC[C@@H]2O)n2cnnc12. The molecule has 5 aromatic rings. The van der Waals surface area contributed by atoms with Crippen LogP contribution in [0.15, 0.2) is 33.2 Å². The maximum atomic E-state index is 12.9. The second-order valence-electron chi connectivity index (χ2n) is 10.2. The summed E-state index contributed by atoms with van der Waals surface area (Å²) in [6.07, 6.45) is 5.97. The highest BCUT2D eigenvalue weighted by Crippen LogP contribution is 2.39. The number of ether oxygens (including phenoxy) is 1. The Morgan fingerprint density at radius 3 is 2.86 bits per heavy atom. The van der Waals surface area contributed by atoms with E-state index in [4.69, 9.17) is 14.9 Å². The number of rotatable bonds is 7. The highest BCUT2D eigenvalue weighted by Gasteiger charge is 2.27. The smallest absolute Gasteiger partial charge is 0.256 e. The van der Waals surface area contributed by atoms with Gasteiger partial charge in [0, 0.05) is 24.5 Å². The molecule has 42 heavy (non-hydrogen) atoms. The van der Waals surface area contributed by atoms with Crippen molar-refractivity contribution in [3.8, 4) is 10.6 Å². The molecule has 2 fully saturated rings. The van der Waals surface area contributed by atoms with Gasteiger partial charge >= 0.3 is 0 Å². The van der Waals surface area contributed by atoms with Gasteiger partial charge in [0.05, 0.1) is 37.1 Å². The molecule has 0 radical (unpaired) electrons. The number of amides is 1. The van der Waals surface area contributed by atoms with E-state index < -0.39 is 12.0 Å². The van der Waals surface area contributed by atoms with Crippen molar-refractivity contribution in [2.24, 2.45) is 5.73 Å². The molecule has 5 N–H and O–H groups in total. The highest BCUT2D eigenvalue weighted by atomic mass is 32.1. The van der Waals surface area contributed by atoms with Crippen LogP contribution < -0.4 is 26.7 Å². The van der Waals surface area contributed by atoms with Crippen molar-refractivity contribution >= 4 is 67.2 Å². The van der Waals surface area contributed by atoms with Crippen LogP contribution in [-0.4, -0.2) is 74.0 Å². The number of aliphatic hydroxyl groups excluding tert-OH is 1. The monoisotopic (exact) mass is 609 g/mol. The maximum Gasteiger partial charge on any atom is 0.256 e. The summed E-state index contributed by atoms with van der Waals surface area (Å²) in [5.41, 5.74) is 7.13. The largest absolute Gasteiger partial charge is 0.439 e. The number of fused-ring (bicyclic) bond motifs is 2. The molecular weight excluding hydrogens is 582 g/mol. The average Bonchev–Trinajstić information content (AvgIpc) is 3.75. The summed E-state index contributed by atoms with van der Waals surface area (Å²) in [7, 11) is 0. The van der Waals surface area contributed by atoms with Crippen molar-refractivity contribution in [2.75, 3.05) is 41.8 Å². The Bertz CT molecular complexity index is 1840. The quantitative estimate of drug-likeness (QED) is 0.212. The van der Waals surface area contributed by atoms with Gasteiger partial charge in [0.15, 0.2) is 22.9 Å².